The first-order valence-corrected chi connectivity index (χ1v) is 7.57. The molecular formula is C15H18Cl2O2. The van der Waals surface area contributed by atoms with Crippen molar-refractivity contribution >= 4 is 29.2 Å². The van der Waals surface area contributed by atoms with Crippen molar-refractivity contribution in [1.82, 2.24) is 0 Å². The van der Waals surface area contributed by atoms with Crippen LogP contribution in [0.1, 0.15) is 54.5 Å². The summed E-state index contributed by atoms with van der Waals surface area (Å²) in [7, 11) is 0. The van der Waals surface area contributed by atoms with E-state index < -0.39 is 16.7 Å². The van der Waals surface area contributed by atoms with Gasteiger partial charge in [0.15, 0.2) is 5.38 Å². The van der Waals surface area contributed by atoms with Crippen molar-refractivity contribution in [2.75, 3.05) is 0 Å². The predicted octanol–water partition coefficient (Wildman–Crippen LogP) is 4.71. The van der Waals surface area contributed by atoms with Crippen LogP contribution in [0.2, 0.25) is 0 Å². The number of carboxylic acid groups (broad SMARTS) is 1. The first kappa shape index (κ1) is 14.7. The number of rotatable bonds is 4. The number of halogens is 2. The zero-order chi connectivity index (χ0) is 13.8. The fourth-order valence-corrected chi connectivity index (χ4v) is 3.08. The molecule has 1 fully saturated rings. The summed E-state index contributed by atoms with van der Waals surface area (Å²) >= 11 is 11.8. The molecule has 104 valence electrons. The summed E-state index contributed by atoms with van der Waals surface area (Å²) in [5.41, 5.74) is 2.09. The van der Waals surface area contributed by atoms with E-state index in [9.17, 15) is 4.79 Å². The molecule has 2 atom stereocenters. The van der Waals surface area contributed by atoms with Gasteiger partial charge in [-0.3, -0.25) is 4.79 Å². The van der Waals surface area contributed by atoms with E-state index in [4.69, 9.17) is 28.3 Å². The number of aliphatic carboxylic acids is 1. The van der Waals surface area contributed by atoms with Crippen molar-refractivity contribution in [2.45, 2.75) is 48.8 Å². The minimum absolute atomic E-state index is 0.642. The first-order valence-electron chi connectivity index (χ1n) is 6.70. The van der Waals surface area contributed by atoms with Crippen LogP contribution in [0.3, 0.4) is 0 Å². The van der Waals surface area contributed by atoms with Gasteiger partial charge in [0.25, 0.3) is 0 Å². The highest BCUT2D eigenvalue weighted by Gasteiger charge is 2.25. The summed E-state index contributed by atoms with van der Waals surface area (Å²) in [6.07, 6.45) is 6.43. The molecule has 1 N–H and O–H groups in total. The van der Waals surface area contributed by atoms with E-state index in [0.29, 0.717) is 5.92 Å². The van der Waals surface area contributed by atoms with Gasteiger partial charge in [-0.25, -0.2) is 0 Å². The summed E-state index contributed by atoms with van der Waals surface area (Å²) in [6, 6.07) is 7.93. The van der Waals surface area contributed by atoms with Crippen molar-refractivity contribution in [3.63, 3.8) is 0 Å². The van der Waals surface area contributed by atoms with Gasteiger partial charge in [-0.1, -0.05) is 43.5 Å². The molecule has 1 aliphatic rings. The normalized spacial score (nSPS) is 19.9. The lowest BCUT2D eigenvalue weighted by molar-refractivity contribution is -0.136. The third-order valence-electron chi connectivity index (χ3n) is 3.82. The van der Waals surface area contributed by atoms with Gasteiger partial charge >= 0.3 is 5.97 Å². The molecule has 2 unspecified atom stereocenters. The van der Waals surface area contributed by atoms with Gasteiger partial charge in [-0.2, -0.15) is 0 Å². The van der Waals surface area contributed by atoms with E-state index in [2.05, 4.69) is 12.1 Å². The predicted molar refractivity (Wildman–Crippen MR) is 78.1 cm³/mol. The largest absolute Gasteiger partial charge is 0.480 e. The van der Waals surface area contributed by atoms with Crippen LogP contribution in [0.25, 0.3) is 0 Å². The minimum Gasteiger partial charge on any atom is -0.480 e. The third kappa shape index (κ3) is 3.64. The molecular weight excluding hydrogens is 283 g/mol. The van der Waals surface area contributed by atoms with Crippen molar-refractivity contribution in [3.8, 4) is 0 Å². The summed E-state index contributed by atoms with van der Waals surface area (Å²) in [5.74, 6) is -0.444. The Morgan fingerprint density at radius 2 is 1.68 bits per heavy atom. The molecule has 0 radical (unpaired) electrons. The molecule has 4 heteroatoms. The first-order chi connectivity index (χ1) is 9.09. The van der Waals surface area contributed by atoms with Crippen molar-refractivity contribution in [3.05, 3.63) is 35.4 Å². The second-order valence-electron chi connectivity index (χ2n) is 5.14. The Morgan fingerprint density at radius 3 is 2.21 bits per heavy atom. The van der Waals surface area contributed by atoms with Crippen LogP contribution in [-0.2, 0) is 4.79 Å². The molecule has 0 spiro atoms. The lowest BCUT2D eigenvalue weighted by Crippen LogP contribution is -2.18. The summed E-state index contributed by atoms with van der Waals surface area (Å²) in [4.78, 5) is 10.8. The molecule has 0 aliphatic heterocycles. The topological polar surface area (TPSA) is 37.3 Å². The maximum absolute atomic E-state index is 10.8. The van der Waals surface area contributed by atoms with E-state index in [1.54, 1.807) is 0 Å². The Labute approximate surface area is 123 Å². The van der Waals surface area contributed by atoms with Gasteiger partial charge in [0, 0.05) is 0 Å². The Morgan fingerprint density at radius 1 is 1.11 bits per heavy atom. The molecule has 1 aromatic rings. The van der Waals surface area contributed by atoms with Crippen LogP contribution in [0.4, 0.5) is 0 Å². The molecule has 0 aromatic heterocycles. The fraction of sp³-hybridized carbons (Fsp3) is 0.533. The van der Waals surface area contributed by atoms with E-state index in [1.165, 1.54) is 37.7 Å². The molecule has 1 aliphatic carbocycles. The van der Waals surface area contributed by atoms with Gasteiger partial charge in [-0.15, -0.1) is 23.2 Å². The molecule has 0 heterocycles. The number of benzene rings is 1. The third-order valence-corrected chi connectivity index (χ3v) is 4.90. The Hall–Kier alpha value is -0.730. The summed E-state index contributed by atoms with van der Waals surface area (Å²) in [5, 5.41) is 7.07. The summed E-state index contributed by atoms with van der Waals surface area (Å²) < 4.78 is 0. The molecule has 0 bridgehead atoms. The molecule has 1 aromatic carbocycles. The Kier molecular flexibility index (Phi) is 5.12. The molecule has 1 saturated carbocycles. The van der Waals surface area contributed by atoms with Crippen molar-refractivity contribution < 1.29 is 9.90 Å². The number of hydrogen-bond donors (Lipinski definition) is 1. The second-order valence-corrected chi connectivity index (χ2v) is 6.08. The number of hydrogen-bond acceptors (Lipinski definition) is 1. The zero-order valence-corrected chi connectivity index (χ0v) is 12.2. The maximum Gasteiger partial charge on any atom is 0.323 e. The molecule has 2 rings (SSSR count). The van der Waals surface area contributed by atoms with E-state index in [-0.39, 0.29) is 0 Å². The van der Waals surface area contributed by atoms with Crippen LogP contribution in [0, 0.1) is 0 Å². The van der Waals surface area contributed by atoms with E-state index >= 15 is 0 Å². The average molecular weight is 301 g/mol. The van der Waals surface area contributed by atoms with Crippen molar-refractivity contribution in [1.29, 1.82) is 0 Å². The number of alkyl halides is 2. The molecule has 2 nitrogen and oxygen atoms in total. The lowest BCUT2D eigenvalue weighted by atomic mass is 9.84. The van der Waals surface area contributed by atoms with Crippen molar-refractivity contribution in [2.24, 2.45) is 0 Å². The van der Waals surface area contributed by atoms with Crippen LogP contribution < -0.4 is 0 Å². The second kappa shape index (κ2) is 6.62. The highest BCUT2D eigenvalue weighted by atomic mass is 35.5. The number of carbonyl (C=O) groups is 1. The van der Waals surface area contributed by atoms with Crippen LogP contribution in [-0.4, -0.2) is 16.5 Å². The van der Waals surface area contributed by atoms with E-state index in [1.807, 2.05) is 12.1 Å². The van der Waals surface area contributed by atoms with Gasteiger partial charge < -0.3 is 5.11 Å². The van der Waals surface area contributed by atoms with Gasteiger partial charge in [0.05, 0.1) is 5.38 Å². The fourth-order valence-electron chi connectivity index (χ4n) is 2.68. The Bertz CT molecular complexity index is 424. The highest BCUT2D eigenvalue weighted by molar-refractivity contribution is 6.36. The molecule has 0 saturated heterocycles. The standard InChI is InChI=1S/C15H18Cl2O2/c16-13(14(17)15(18)19)12-8-6-11(7-9-12)10-4-2-1-3-5-10/h6-10,13-14H,1-5H2,(H,18,19). The highest BCUT2D eigenvalue weighted by Crippen LogP contribution is 2.34. The Balaban J connectivity index is 2.07. The quantitative estimate of drug-likeness (QED) is 0.818. The maximum atomic E-state index is 10.8. The molecule has 19 heavy (non-hydrogen) atoms. The smallest absolute Gasteiger partial charge is 0.323 e. The van der Waals surface area contributed by atoms with Gasteiger partial charge in [0.1, 0.15) is 0 Å². The number of carboxylic acids is 1. The molecule has 0 amide bonds. The summed E-state index contributed by atoms with van der Waals surface area (Å²) in [6.45, 7) is 0. The average Bonchev–Trinajstić information content (AvgIpc) is 2.46. The van der Waals surface area contributed by atoms with Crippen LogP contribution in [0.15, 0.2) is 24.3 Å². The minimum atomic E-state index is -1.10. The van der Waals surface area contributed by atoms with E-state index in [0.717, 1.165) is 5.56 Å². The zero-order valence-electron chi connectivity index (χ0n) is 10.7. The van der Waals surface area contributed by atoms with Gasteiger partial charge in [-0.05, 0) is 29.9 Å². The lowest BCUT2D eigenvalue weighted by Gasteiger charge is -2.22. The SMILES string of the molecule is O=C(O)C(Cl)C(Cl)c1ccc(C2CCCCC2)cc1. The van der Waals surface area contributed by atoms with Crippen LogP contribution in [0.5, 0.6) is 0 Å². The monoisotopic (exact) mass is 300 g/mol. The van der Waals surface area contributed by atoms with Gasteiger partial charge in [0.2, 0.25) is 0 Å². The van der Waals surface area contributed by atoms with Crippen LogP contribution >= 0.6 is 23.2 Å².